The van der Waals surface area contributed by atoms with E-state index in [1.807, 2.05) is 11.0 Å². The van der Waals surface area contributed by atoms with Crippen LogP contribution in [-0.4, -0.2) is 95.7 Å². The first-order valence-corrected chi connectivity index (χ1v) is 21.6. The Bertz CT molecular complexity index is 1780. The lowest BCUT2D eigenvalue weighted by atomic mass is 9.87. The molecule has 5 rings (SSSR count). The molecule has 2 fully saturated rings. The van der Waals surface area contributed by atoms with E-state index in [0.717, 1.165) is 30.1 Å². The average molecular weight is 732 g/mol. The second-order valence-corrected chi connectivity index (χ2v) is 21.3. The number of amides is 2. The number of carbonyl (C=O) groups is 2. The Morgan fingerprint density at radius 2 is 1.75 bits per heavy atom. The first-order chi connectivity index (χ1) is 24.6. The number of piperidine rings is 2. The Balaban J connectivity index is 1.17. The molecule has 2 aliphatic rings. The van der Waals surface area contributed by atoms with Gasteiger partial charge in [0.2, 0.25) is 5.95 Å². The summed E-state index contributed by atoms with van der Waals surface area (Å²) in [5, 5.41) is 13.2. The maximum Gasteiger partial charge on any atom is 0.410 e. The highest BCUT2D eigenvalue weighted by atomic mass is 28.3. The van der Waals surface area contributed by atoms with Crippen LogP contribution >= 0.6 is 0 Å². The number of anilines is 2. The Labute approximate surface area is 306 Å². The highest BCUT2D eigenvalue weighted by molar-refractivity contribution is 6.76. The van der Waals surface area contributed by atoms with Crippen LogP contribution in [0.5, 0.6) is 5.75 Å². The van der Waals surface area contributed by atoms with E-state index >= 15 is 4.39 Å². The Morgan fingerprint density at radius 1 is 1.02 bits per heavy atom. The summed E-state index contributed by atoms with van der Waals surface area (Å²) in [6.45, 7) is 16.2. The molecule has 3 heterocycles. The lowest BCUT2D eigenvalue weighted by Gasteiger charge is -2.35. The molecule has 1 aromatic heterocycles. The zero-order chi connectivity index (χ0) is 37.6. The number of nitrogens with one attached hydrogen (secondary N) is 1. The van der Waals surface area contributed by atoms with Gasteiger partial charge in [-0.05, 0) is 94.0 Å². The summed E-state index contributed by atoms with van der Waals surface area (Å²) in [5.74, 6) is 1.30. The van der Waals surface area contributed by atoms with Gasteiger partial charge in [-0.15, -0.1) is 0 Å². The summed E-state index contributed by atoms with van der Waals surface area (Å²) < 4.78 is 32.0. The molecule has 3 aromatic rings. The second-order valence-electron chi connectivity index (χ2n) is 15.7. The summed E-state index contributed by atoms with van der Waals surface area (Å²) in [5.41, 5.74) is 3.32. The van der Waals surface area contributed by atoms with Crippen molar-refractivity contribution in [3.63, 3.8) is 0 Å². The third-order valence-corrected chi connectivity index (χ3v) is 10.8. The van der Waals surface area contributed by atoms with E-state index < -0.39 is 32.0 Å². The third kappa shape index (κ3) is 10.4. The monoisotopic (exact) mass is 731 g/mol. The Morgan fingerprint density at radius 3 is 2.40 bits per heavy atom. The molecule has 52 heavy (non-hydrogen) atoms. The molecule has 0 bridgehead atoms. The fourth-order valence-electron chi connectivity index (χ4n) is 6.28. The van der Waals surface area contributed by atoms with E-state index in [1.165, 1.54) is 16.8 Å². The van der Waals surface area contributed by atoms with Crippen LogP contribution in [0.1, 0.15) is 62.6 Å². The fraction of sp³-hybridized carbons (Fsp3) is 0.526. The topological polar surface area (TPSA) is 143 Å². The van der Waals surface area contributed by atoms with E-state index in [-0.39, 0.29) is 36.9 Å². The summed E-state index contributed by atoms with van der Waals surface area (Å²) in [7, 11) is -1.25. The normalized spacial score (nSPS) is 18.4. The van der Waals surface area contributed by atoms with Crippen LogP contribution in [0.15, 0.2) is 42.7 Å². The summed E-state index contributed by atoms with van der Waals surface area (Å²) in [4.78, 5) is 41.3. The standard InChI is InChI=1S/C38H50FN7O5Si/c1-25-20-29(9-10-30(25)26-12-15-45(16-13-26)36(47)49-18-19-52(5,6)7)43-35-42-24-41-34(44-35)27-8-11-32(28(21-27)22-40)50-33-14-17-46(23-31(33)39)37(48)51-38(2,3)4/h8-11,20-21,24,26,31,33H,12-19,23H2,1-7H3,(H,41,42,43,44). The smallest absolute Gasteiger partial charge is 0.410 e. The minimum absolute atomic E-state index is 0.154. The van der Waals surface area contributed by atoms with Crippen molar-refractivity contribution in [3.05, 3.63) is 59.4 Å². The van der Waals surface area contributed by atoms with E-state index in [9.17, 15) is 14.9 Å². The number of rotatable bonds is 9. The molecular weight excluding hydrogens is 682 g/mol. The summed E-state index contributed by atoms with van der Waals surface area (Å²) in [6.07, 6.45) is 0.378. The molecule has 0 saturated carbocycles. The molecule has 14 heteroatoms. The van der Waals surface area contributed by atoms with Crippen molar-refractivity contribution in [2.45, 2.75) is 96.4 Å². The molecule has 2 aromatic carbocycles. The van der Waals surface area contributed by atoms with Crippen LogP contribution in [0.2, 0.25) is 25.7 Å². The van der Waals surface area contributed by atoms with Crippen molar-refractivity contribution >= 4 is 31.9 Å². The van der Waals surface area contributed by atoms with Gasteiger partial charge in [-0.3, -0.25) is 0 Å². The maximum absolute atomic E-state index is 15.1. The molecule has 0 radical (unpaired) electrons. The number of aromatic nitrogens is 3. The highest BCUT2D eigenvalue weighted by Gasteiger charge is 2.35. The van der Waals surface area contributed by atoms with Gasteiger partial charge in [-0.2, -0.15) is 10.2 Å². The van der Waals surface area contributed by atoms with Crippen molar-refractivity contribution in [1.82, 2.24) is 24.8 Å². The predicted octanol–water partition coefficient (Wildman–Crippen LogP) is 7.84. The van der Waals surface area contributed by atoms with Crippen LogP contribution in [-0.2, 0) is 9.47 Å². The van der Waals surface area contributed by atoms with E-state index in [2.05, 4.69) is 65.0 Å². The summed E-state index contributed by atoms with van der Waals surface area (Å²) >= 11 is 0. The SMILES string of the molecule is Cc1cc(Nc2ncnc(-c3ccc(OC4CCN(C(=O)OC(C)(C)C)CC4F)c(C#N)c3)n2)ccc1C1CCN(C(=O)OCC[Si](C)(C)C)CC1. The first kappa shape index (κ1) is 38.5. The molecule has 1 N–H and O–H groups in total. The van der Waals surface area contributed by atoms with Crippen LogP contribution in [0, 0.1) is 18.3 Å². The predicted molar refractivity (Wildman–Crippen MR) is 199 cm³/mol. The van der Waals surface area contributed by atoms with Gasteiger partial charge in [-0.25, -0.2) is 23.9 Å². The van der Waals surface area contributed by atoms with Crippen LogP contribution in [0.4, 0.5) is 25.6 Å². The molecule has 2 amide bonds. The first-order valence-electron chi connectivity index (χ1n) is 17.9. The van der Waals surface area contributed by atoms with Gasteiger partial charge < -0.3 is 29.3 Å². The lowest BCUT2D eigenvalue weighted by Crippen LogP contribution is -2.50. The zero-order valence-electron chi connectivity index (χ0n) is 31.2. The maximum atomic E-state index is 15.1. The number of halogens is 1. The number of likely N-dealkylation sites (tertiary alicyclic amines) is 2. The number of benzene rings is 2. The van der Waals surface area contributed by atoms with Crippen LogP contribution in [0.25, 0.3) is 11.4 Å². The van der Waals surface area contributed by atoms with Crippen molar-refractivity contribution in [2.75, 3.05) is 38.1 Å². The van der Waals surface area contributed by atoms with Gasteiger partial charge in [0, 0.05) is 45.4 Å². The van der Waals surface area contributed by atoms with E-state index in [1.54, 1.807) is 39.0 Å². The van der Waals surface area contributed by atoms with Crippen molar-refractivity contribution in [3.8, 4) is 23.2 Å². The van der Waals surface area contributed by atoms with Crippen molar-refractivity contribution in [2.24, 2.45) is 0 Å². The quantitative estimate of drug-likeness (QED) is 0.216. The van der Waals surface area contributed by atoms with E-state index in [4.69, 9.17) is 14.2 Å². The average Bonchev–Trinajstić information content (AvgIpc) is 3.08. The zero-order valence-corrected chi connectivity index (χ0v) is 32.2. The second kappa shape index (κ2) is 16.3. The third-order valence-electron chi connectivity index (χ3n) is 9.14. The summed E-state index contributed by atoms with van der Waals surface area (Å²) in [6, 6.07) is 14.2. The van der Waals surface area contributed by atoms with Gasteiger partial charge in [0.05, 0.1) is 18.7 Å². The fourth-order valence-corrected chi connectivity index (χ4v) is 6.99. The Kier molecular flexibility index (Phi) is 12.0. The van der Waals surface area contributed by atoms with Crippen molar-refractivity contribution in [1.29, 1.82) is 5.26 Å². The largest absolute Gasteiger partial charge is 0.486 e. The molecule has 278 valence electrons. The number of carbonyl (C=O) groups excluding carboxylic acids is 2. The van der Waals surface area contributed by atoms with Gasteiger partial charge in [0.15, 0.2) is 12.0 Å². The number of hydrogen-bond acceptors (Lipinski definition) is 10. The highest BCUT2D eigenvalue weighted by Crippen LogP contribution is 2.33. The van der Waals surface area contributed by atoms with Crippen LogP contribution in [0.3, 0.4) is 0 Å². The molecule has 2 aliphatic heterocycles. The molecule has 0 spiro atoms. The van der Waals surface area contributed by atoms with Gasteiger partial charge in [0.25, 0.3) is 0 Å². The van der Waals surface area contributed by atoms with Gasteiger partial charge in [-0.1, -0.05) is 25.7 Å². The number of aryl methyl sites for hydroxylation is 1. The number of nitrogens with zero attached hydrogens (tertiary/aromatic N) is 6. The number of hydrogen-bond donors (Lipinski definition) is 1. The molecule has 2 unspecified atom stereocenters. The molecular formula is C38H50FN7O5Si. The lowest BCUT2D eigenvalue weighted by molar-refractivity contribution is -0.0106. The van der Waals surface area contributed by atoms with Crippen molar-refractivity contribution < 1.29 is 28.2 Å². The Hall–Kier alpha value is -4.77. The molecule has 0 aliphatic carbocycles. The van der Waals surface area contributed by atoms with Crippen LogP contribution < -0.4 is 10.1 Å². The molecule has 2 atom stereocenters. The van der Waals surface area contributed by atoms with E-state index in [0.29, 0.717) is 43.0 Å². The molecule has 2 saturated heterocycles. The number of alkyl halides is 1. The number of nitriles is 1. The minimum Gasteiger partial charge on any atom is -0.486 e. The number of ether oxygens (including phenoxy) is 3. The minimum atomic E-state index is -1.45. The molecule has 12 nitrogen and oxygen atoms in total. The van der Waals surface area contributed by atoms with Gasteiger partial charge >= 0.3 is 12.2 Å². The van der Waals surface area contributed by atoms with Gasteiger partial charge in [0.1, 0.15) is 29.9 Å².